The first kappa shape index (κ1) is 16.2. The molecule has 3 rings (SSSR count). The molecule has 9 heteroatoms. The predicted octanol–water partition coefficient (Wildman–Crippen LogP) is 1.72. The van der Waals surface area contributed by atoms with Crippen molar-refractivity contribution in [2.24, 2.45) is 5.16 Å². The summed E-state index contributed by atoms with van der Waals surface area (Å²) in [6.07, 6.45) is 1.01. The topological polar surface area (TPSA) is 96.3 Å². The van der Waals surface area contributed by atoms with Gasteiger partial charge in [0, 0.05) is 37.4 Å². The van der Waals surface area contributed by atoms with Gasteiger partial charge in [0.05, 0.1) is 4.90 Å². The van der Waals surface area contributed by atoms with Gasteiger partial charge in [-0.05, 0) is 24.3 Å². The Bertz CT molecular complexity index is 752. The second kappa shape index (κ2) is 5.77. The third kappa shape index (κ3) is 3.06. The van der Waals surface area contributed by atoms with Crippen molar-refractivity contribution >= 4 is 33.3 Å². The fourth-order valence-electron chi connectivity index (χ4n) is 2.79. The lowest BCUT2D eigenvalue weighted by molar-refractivity contribution is -0.129. The van der Waals surface area contributed by atoms with Crippen LogP contribution in [-0.4, -0.2) is 48.2 Å². The average Bonchev–Trinajstić information content (AvgIpc) is 2.92. The molecule has 1 saturated heterocycles. The van der Waals surface area contributed by atoms with Crippen LogP contribution in [0.25, 0.3) is 0 Å². The number of carbonyl (C=O) groups is 1. The Morgan fingerprint density at radius 2 is 1.87 bits per heavy atom. The van der Waals surface area contributed by atoms with E-state index in [1.54, 1.807) is 0 Å². The van der Waals surface area contributed by atoms with E-state index in [9.17, 15) is 13.2 Å². The molecule has 1 N–H and O–H groups in total. The molecule has 0 aliphatic carbocycles. The van der Waals surface area contributed by atoms with Crippen molar-refractivity contribution in [3.8, 4) is 0 Å². The first-order valence-corrected chi connectivity index (χ1v) is 8.88. The lowest BCUT2D eigenvalue weighted by atomic mass is 9.88. The van der Waals surface area contributed by atoms with Crippen LogP contribution in [0.1, 0.15) is 19.3 Å². The fraction of sp³-hybridized carbons (Fsp3) is 0.429. The van der Waals surface area contributed by atoms with E-state index >= 15 is 0 Å². The van der Waals surface area contributed by atoms with E-state index < -0.39 is 21.6 Å². The van der Waals surface area contributed by atoms with E-state index in [-0.39, 0.29) is 30.1 Å². The van der Waals surface area contributed by atoms with Gasteiger partial charge in [0.15, 0.2) is 5.71 Å². The number of carboxylic acid groups (broad SMARTS) is 1. The molecule has 0 unspecified atom stereocenters. The SMILES string of the molecule is O=C(O)C1=NOC2(CCN(S(=O)(=O)c3ccc(Cl)cc3)CC2)C1. The summed E-state index contributed by atoms with van der Waals surface area (Å²) in [5.74, 6) is -1.10. The molecule has 0 amide bonds. The summed E-state index contributed by atoms with van der Waals surface area (Å²) in [7, 11) is -3.59. The van der Waals surface area contributed by atoms with E-state index in [1.807, 2.05) is 0 Å². The van der Waals surface area contributed by atoms with Gasteiger partial charge in [-0.25, -0.2) is 13.2 Å². The van der Waals surface area contributed by atoms with Crippen LogP contribution in [0.4, 0.5) is 0 Å². The number of oxime groups is 1. The largest absolute Gasteiger partial charge is 0.477 e. The van der Waals surface area contributed by atoms with E-state index in [4.69, 9.17) is 21.5 Å². The van der Waals surface area contributed by atoms with Gasteiger partial charge < -0.3 is 9.94 Å². The van der Waals surface area contributed by atoms with Crippen molar-refractivity contribution in [3.05, 3.63) is 29.3 Å². The maximum atomic E-state index is 12.6. The molecule has 0 aromatic heterocycles. The summed E-state index contributed by atoms with van der Waals surface area (Å²) >= 11 is 5.78. The second-order valence-corrected chi connectivity index (χ2v) is 8.03. The first-order chi connectivity index (χ1) is 10.8. The smallest absolute Gasteiger partial charge is 0.353 e. The molecule has 1 aromatic rings. The summed E-state index contributed by atoms with van der Waals surface area (Å²) in [5.41, 5.74) is -0.710. The van der Waals surface area contributed by atoms with Crippen molar-refractivity contribution in [1.29, 1.82) is 0 Å². The van der Waals surface area contributed by atoms with E-state index in [2.05, 4.69) is 5.16 Å². The minimum atomic E-state index is -3.59. The zero-order chi connectivity index (χ0) is 16.7. The minimum absolute atomic E-state index is 0.0148. The normalized spacial score (nSPS) is 21.0. The molecule has 0 radical (unpaired) electrons. The van der Waals surface area contributed by atoms with Crippen molar-refractivity contribution in [2.45, 2.75) is 29.8 Å². The number of rotatable bonds is 3. The zero-order valence-electron chi connectivity index (χ0n) is 12.1. The highest BCUT2D eigenvalue weighted by molar-refractivity contribution is 7.89. The molecule has 0 atom stereocenters. The number of hydrogen-bond acceptors (Lipinski definition) is 5. The molecule has 1 fully saturated rings. The molecule has 23 heavy (non-hydrogen) atoms. The Morgan fingerprint density at radius 1 is 1.26 bits per heavy atom. The summed E-state index contributed by atoms with van der Waals surface area (Å²) < 4.78 is 26.6. The standard InChI is InChI=1S/C14H15ClN2O5S/c15-10-1-3-11(4-2-10)23(20,21)17-7-5-14(6-8-17)9-12(13(18)19)16-22-14/h1-4H,5-9H2,(H,18,19). The summed E-state index contributed by atoms with van der Waals surface area (Å²) in [6.45, 7) is 0.515. The molecule has 1 aromatic carbocycles. The Hall–Kier alpha value is -1.64. The van der Waals surface area contributed by atoms with Crippen LogP contribution in [-0.2, 0) is 19.7 Å². The molecule has 0 bridgehead atoms. The van der Waals surface area contributed by atoms with Gasteiger partial charge in [-0.15, -0.1) is 0 Å². The van der Waals surface area contributed by atoms with Crippen molar-refractivity contribution in [2.75, 3.05) is 13.1 Å². The third-order valence-electron chi connectivity index (χ3n) is 4.17. The molecule has 7 nitrogen and oxygen atoms in total. The van der Waals surface area contributed by atoms with Gasteiger partial charge in [0.1, 0.15) is 5.60 Å². The van der Waals surface area contributed by atoms with Crippen LogP contribution in [0.5, 0.6) is 0 Å². The van der Waals surface area contributed by atoms with Gasteiger partial charge in [-0.2, -0.15) is 4.31 Å². The predicted molar refractivity (Wildman–Crippen MR) is 82.9 cm³/mol. The van der Waals surface area contributed by atoms with Crippen LogP contribution in [0.2, 0.25) is 5.02 Å². The maximum absolute atomic E-state index is 12.6. The van der Waals surface area contributed by atoms with Crippen LogP contribution in [0.3, 0.4) is 0 Å². The second-order valence-electron chi connectivity index (χ2n) is 5.65. The van der Waals surface area contributed by atoms with Crippen LogP contribution in [0, 0.1) is 0 Å². The Balaban J connectivity index is 1.70. The lowest BCUT2D eigenvalue weighted by Gasteiger charge is -2.36. The quantitative estimate of drug-likeness (QED) is 0.887. The highest BCUT2D eigenvalue weighted by atomic mass is 35.5. The van der Waals surface area contributed by atoms with Crippen molar-refractivity contribution in [3.63, 3.8) is 0 Å². The minimum Gasteiger partial charge on any atom is -0.477 e. The van der Waals surface area contributed by atoms with E-state index in [0.717, 1.165) is 0 Å². The van der Waals surface area contributed by atoms with Crippen LogP contribution >= 0.6 is 11.6 Å². The van der Waals surface area contributed by atoms with Gasteiger partial charge in [-0.3, -0.25) is 0 Å². The molecule has 2 heterocycles. The number of benzene rings is 1. The number of piperidine rings is 1. The Morgan fingerprint density at radius 3 is 2.39 bits per heavy atom. The summed E-state index contributed by atoms with van der Waals surface area (Å²) in [6, 6.07) is 6.01. The lowest BCUT2D eigenvalue weighted by Crippen LogP contribution is -2.46. The van der Waals surface area contributed by atoms with Crippen molar-refractivity contribution in [1.82, 2.24) is 4.31 Å². The molecular weight excluding hydrogens is 344 g/mol. The molecule has 124 valence electrons. The van der Waals surface area contributed by atoms with E-state index in [1.165, 1.54) is 28.6 Å². The fourth-order valence-corrected chi connectivity index (χ4v) is 4.36. The number of hydrogen-bond donors (Lipinski definition) is 1. The van der Waals surface area contributed by atoms with Crippen LogP contribution < -0.4 is 0 Å². The number of carboxylic acids is 1. The molecular formula is C14H15ClN2O5S. The third-order valence-corrected chi connectivity index (χ3v) is 6.34. The Labute approximate surface area is 138 Å². The molecule has 1 spiro atoms. The number of sulfonamides is 1. The number of aliphatic carboxylic acids is 1. The highest BCUT2D eigenvalue weighted by Crippen LogP contribution is 2.36. The average molecular weight is 359 g/mol. The zero-order valence-corrected chi connectivity index (χ0v) is 13.7. The van der Waals surface area contributed by atoms with Gasteiger partial charge >= 0.3 is 5.97 Å². The van der Waals surface area contributed by atoms with Crippen molar-refractivity contribution < 1.29 is 23.2 Å². The summed E-state index contributed by atoms with van der Waals surface area (Å²) in [4.78, 5) is 16.4. The monoisotopic (exact) mass is 358 g/mol. The van der Waals surface area contributed by atoms with Gasteiger partial charge in [0.2, 0.25) is 10.0 Å². The molecule has 2 aliphatic heterocycles. The van der Waals surface area contributed by atoms with Crippen LogP contribution in [0.15, 0.2) is 34.3 Å². The van der Waals surface area contributed by atoms with E-state index in [0.29, 0.717) is 17.9 Å². The summed E-state index contributed by atoms with van der Waals surface area (Å²) in [5, 5.41) is 13.0. The highest BCUT2D eigenvalue weighted by Gasteiger charge is 2.45. The molecule has 0 saturated carbocycles. The Kier molecular flexibility index (Phi) is 4.07. The maximum Gasteiger partial charge on any atom is 0.353 e. The van der Waals surface area contributed by atoms with Gasteiger partial charge in [0.25, 0.3) is 0 Å². The number of halogens is 1. The molecule has 2 aliphatic rings. The van der Waals surface area contributed by atoms with Gasteiger partial charge in [-0.1, -0.05) is 16.8 Å². The number of nitrogens with zero attached hydrogens (tertiary/aromatic N) is 2. The first-order valence-electron chi connectivity index (χ1n) is 7.07.